The number of carbonyl (C=O) groups excluding carboxylic acids is 1. The number of halogens is 1. The van der Waals surface area contributed by atoms with Crippen LogP contribution in [0.5, 0.6) is 0 Å². The van der Waals surface area contributed by atoms with Crippen LogP contribution in [0.3, 0.4) is 0 Å². The third-order valence-corrected chi connectivity index (χ3v) is 3.62. The monoisotopic (exact) mass is 293 g/mol. The number of likely N-dealkylation sites (N-methyl/N-ethyl adjacent to an activating group) is 1. The summed E-state index contributed by atoms with van der Waals surface area (Å²) in [4.78, 5) is 17.5. The van der Waals surface area contributed by atoms with Crippen molar-refractivity contribution in [2.75, 3.05) is 13.6 Å². The smallest absolute Gasteiger partial charge is 0.260 e. The summed E-state index contributed by atoms with van der Waals surface area (Å²) in [6.45, 7) is 0.479. The van der Waals surface area contributed by atoms with Crippen LogP contribution < -0.4 is 0 Å². The number of aliphatic hydroxyl groups is 1. The number of aromatic nitrogens is 2. The second-order valence-electron chi connectivity index (χ2n) is 4.76. The molecule has 0 radical (unpaired) electrons. The fourth-order valence-corrected chi connectivity index (χ4v) is 2.39. The minimum atomic E-state index is -1.62. The normalized spacial score (nSPS) is 22.6. The predicted octanol–water partition coefficient (Wildman–Crippen LogP) is 1.44. The van der Waals surface area contributed by atoms with Gasteiger partial charge in [-0.2, -0.15) is 0 Å². The van der Waals surface area contributed by atoms with E-state index in [4.69, 9.17) is 16.1 Å². The lowest BCUT2D eigenvalue weighted by atomic mass is 9.98. The minimum Gasteiger partial charge on any atom is -0.374 e. The first-order valence-electron chi connectivity index (χ1n) is 6.09. The Kier molecular flexibility index (Phi) is 2.99. The van der Waals surface area contributed by atoms with Gasteiger partial charge in [0.05, 0.1) is 0 Å². The molecule has 2 aromatic heterocycles. The average Bonchev–Trinajstić information content (AvgIpc) is 3.02. The number of hydrogen-bond donors (Lipinski definition) is 1. The zero-order valence-corrected chi connectivity index (χ0v) is 11.5. The molecule has 6 nitrogen and oxygen atoms in total. The van der Waals surface area contributed by atoms with Gasteiger partial charge in [0.1, 0.15) is 16.5 Å². The number of likely N-dealkylation sites (tertiary alicyclic amines) is 1. The predicted molar refractivity (Wildman–Crippen MR) is 70.9 cm³/mol. The van der Waals surface area contributed by atoms with E-state index in [9.17, 15) is 9.90 Å². The second-order valence-corrected chi connectivity index (χ2v) is 5.15. The topological polar surface area (TPSA) is 79.5 Å². The third-order valence-electron chi connectivity index (χ3n) is 3.41. The van der Waals surface area contributed by atoms with Crippen molar-refractivity contribution in [1.29, 1.82) is 0 Å². The number of rotatable bonds is 2. The summed E-state index contributed by atoms with van der Waals surface area (Å²) < 4.78 is 5.17. The number of amides is 1. The van der Waals surface area contributed by atoms with E-state index in [1.54, 1.807) is 25.2 Å². The van der Waals surface area contributed by atoms with Gasteiger partial charge in [-0.3, -0.25) is 4.79 Å². The van der Waals surface area contributed by atoms with Crippen molar-refractivity contribution in [3.8, 4) is 11.5 Å². The quantitative estimate of drug-likeness (QED) is 0.848. The molecule has 3 rings (SSSR count). The van der Waals surface area contributed by atoms with E-state index in [0.717, 1.165) is 0 Å². The highest BCUT2D eigenvalue weighted by Gasteiger charge is 2.47. The van der Waals surface area contributed by atoms with Crippen molar-refractivity contribution in [1.82, 2.24) is 15.0 Å². The van der Waals surface area contributed by atoms with Gasteiger partial charge < -0.3 is 14.5 Å². The molecule has 104 valence electrons. The molecule has 1 aliphatic rings. The summed E-state index contributed by atoms with van der Waals surface area (Å²) in [5.41, 5.74) is -0.919. The molecular formula is C13H12ClN3O3. The minimum absolute atomic E-state index is 0.198. The van der Waals surface area contributed by atoms with Crippen molar-refractivity contribution in [3.63, 3.8) is 0 Å². The second kappa shape index (κ2) is 4.57. The van der Waals surface area contributed by atoms with E-state index in [-0.39, 0.29) is 18.0 Å². The molecule has 1 saturated heterocycles. The van der Waals surface area contributed by atoms with Gasteiger partial charge in [0.25, 0.3) is 5.91 Å². The Hall–Kier alpha value is -1.92. The molecule has 1 amide bonds. The van der Waals surface area contributed by atoms with E-state index >= 15 is 0 Å². The van der Waals surface area contributed by atoms with Crippen molar-refractivity contribution in [2.45, 2.75) is 12.0 Å². The largest absolute Gasteiger partial charge is 0.374 e. The lowest BCUT2D eigenvalue weighted by Crippen LogP contribution is -2.36. The molecular weight excluding hydrogens is 282 g/mol. The van der Waals surface area contributed by atoms with Crippen molar-refractivity contribution in [3.05, 3.63) is 35.1 Å². The molecule has 1 aliphatic heterocycles. The first-order chi connectivity index (χ1) is 9.50. The molecule has 1 fully saturated rings. The van der Waals surface area contributed by atoms with Crippen LogP contribution in [-0.2, 0) is 10.4 Å². The van der Waals surface area contributed by atoms with Gasteiger partial charge in [-0.25, -0.2) is 4.98 Å². The molecule has 0 saturated carbocycles. The van der Waals surface area contributed by atoms with Crippen LogP contribution >= 0.6 is 11.6 Å². The van der Waals surface area contributed by atoms with E-state index in [1.165, 1.54) is 11.0 Å². The number of carbonyl (C=O) groups is 1. The van der Waals surface area contributed by atoms with Crippen LogP contribution in [0.2, 0.25) is 5.15 Å². The number of hydrogen-bond acceptors (Lipinski definition) is 5. The fraction of sp³-hybridized carbons (Fsp3) is 0.308. The summed E-state index contributed by atoms with van der Waals surface area (Å²) in [5.74, 6) is -0.0188. The zero-order chi connectivity index (χ0) is 14.3. The Morgan fingerprint density at radius 2 is 2.30 bits per heavy atom. The molecule has 0 aliphatic carbocycles. The summed E-state index contributed by atoms with van der Waals surface area (Å²) in [5, 5.41) is 14.6. The molecule has 0 spiro atoms. The van der Waals surface area contributed by atoms with Crippen LogP contribution in [0.25, 0.3) is 11.5 Å². The first kappa shape index (κ1) is 13.1. The van der Waals surface area contributed by atoms with Crippen LogP contribution in [0, 0.1) is 0 Å². The molecule has 2 aromatic rings. The Morgan fingerprint density at radius 3 is 2.95 bits per heavy atom. The Bertz CT molecular complexity index is 672. The maximum Gasteiger partial charge on any atom is 0.260 e. The van der Waals surface area contributed by atoms with E-state index in [0.29, 0.717) is 23.2 Å². The van der Waals surface area contributed by atoms with Gasteiger partial charge in [-0.15, -0.1) is 0 Å². The van der Waals surface area contributed by atoms with Gasteiger partial charge >= 0.3 is 0 Å². The first-order valence-corrected chi connectivity index (χ1v) is 6.46. The van der Waals surface area contributed by atoms with Gasteiger partial charge in [-0.05, 0) is 12.1 Å². The molecule has 0 bridgehead atoms. The highest BCUT2D eigenvalue weighted by Crippen LogP contribution is 2.33. The summed E-state index contributed by atoms with van der Waals surface area (Å²) >= 11 is 5.81. The van der Waals surface area contributed by atoms with Gasteiger partial charge in [0.15, 0.2) is 11.4 Å². The van der Waals surface area contributed by atoms with Gasteiger partial charge in [0.2, 0.25) is 0 Å². The molecule has 20 heavy (non-hydrogen) atoms. The van der Waals surface area contributed by atoms with Crippen molar-refractivity contribution >= 4 is 17.5 Å². The maximum absolute atomic E-state index is 12.0. The molecule has 3 heterocycles. The van der Waals surface area contributed by atoms with Crippen molar-refractivity contribution < 1.29 is 14.4 Å². The molecule has 7 heteroatoms. The van der Waals surface area contributed by atoms with Crippen LogP contribution in [-0.4, -0.2) is 39.6 Å². The number of pyridine rings is 1. The summed E-state index contributed by atoms with van der Waals surface area (Å²) in [6.07, 6.45) is 0.289. The third kappa shape index (κ3) is 1.97. The lowest BCUT2D eigenvalue weighted by Gasteiger charge is -2.16. The SMILES string of the molecule is CN1CCC(O)(c2cc(-c3cccc(Cl)n3)on2)C1=O. The van der Waals surface area contributed by atoms with Crippen molar-refractivity contribution in [2.24, 2.45) is 0 Å². The van der Waals surface area contributed by atoms with E-state index < -0.39 is 5.60 Å². The van der Waals surface area contributed by atoms with Gasteiger partial charge in [0, 0.05) is 26.1 Å². The van der Waals surface area contributed by atoms with E-state index in [2.05, 4.69) is 10.1 Å². The Balaban J connectivity index is 1.97. The molecule has 0 aromatic carbocycles. The Labute approximate surface area is 120 Å². The van der Waals surface area contributed by atoms with Crippen LogP contribution in [0.15, 0.2) is 28.8 Å². The highest BCUT2D eigenvalue weighted by atomic mass is 35.5. The molecule has 1 atom stereocenters. The highest BCUT2D eigenvalue weighted by molar-refractivity contribution is 6.29. The van der Waals surface area contributed by atoms with E-state index in [1.807, 2.05) is 0 Å². The van der Waals surface area contributed by atoms with Crippen LogP contribution in [0.4, 0.5) is 0 Å². The lowest BCUT2D eigenvalue weighted by molar-refractivity contribution is -0.143. The van der Waals surface area contributed by atoms with Gasteiger partial charge in [-0.1, -0.05) is 22.8 Å². The average molecular weight is 294 g/mol. The summed E-state index contributed by atoms with van der Waals surface area (Å²) in [6, 6.07) is 6.61. The number of nitrogens with zero attached hydrogens (tertiary/aromatic N) is 3. The standard InChI is InChI=1S/C13H12ClN3O3/c1-17-6-5-13(19,12(17)18)10-7-9(20-16-10)8-3-2-4-11(14)15-8/h2-4,7,19H,5-6H2,1H3. The summed E-state index contributed by atoms with van der Waals surface area (Å²) in [7, 11) is 1.64. The zero-order valence-electron chi connectivity index (χ0n) is 10.7. The Morgan fingerprint density at radius 1 is 1.50 bits per heavy atom. The maximum atomic E-state index is 12.0. The molecule has 1 unspecified atom stereocenters. The van der Waals surface area contributed by atoms with Crippen LogP contribution in [0.1, 0.15) is 12.1 Å². The fourth-order valence-electron chi connectivity index (χ4n) is 2.23. The molecule has 1 N–H and O–H groups in total.